The van der Waals surface area contributed by atoms with Gasteiger partial charge in [-0.1, -0.05) is 53.7 Å². The minimum absolute atomic E-state index is 0.0563. The van der Waals surface area contributed by atoms with E-state index >= 15 is 0 Å². The molecule has 10 nitrogen and oxygen atoms in total. The third kappa shape index (κ3) is 5.95. The van der Waals surface area contributed by atoms with Gasteiger partial charge in [0.05, 0.1) is 23.2 Å². The number of benzene rings is 2. The van der Waals surface area contributed by atoms with E-state index in [1.165, 1.54) is 10.9 Å². The van der Waals surface area contributed by atoms with Crippen LogP contribution >= 0.6 is 0 Å². The Morgan fingerprint density at radius 2 is 1.76 bits per heavy atom. The van der Waals surface area contributed by atoms with Gasteiger partial charge in [0.15, 0.2) is 5.65 Å². The lowest BCUT2D eigenvalue weighted by Gasteiger charge is -2.43. The fraction of sp³-hybridized carbons (Fsp3) is 0.371. The monoisotopic (exact) mass is 606 g/mol. The molecule has 5 aromatic rings. The molecule has 2 aliphatic heterocycles. The number of rotatable bonds is 7. The predicted molar refractivity (Wildman–Crippen MR) is 170 cm³/mol. The Bertz CT molecular complexity index is 1840. The first-order chi connectivity index (χ1) is 21.9. The number of hydrogen-bond donors (Lipinski definition) is 1. The van der Waals surface area contributed by atoms with Gasteiger partial charge in [0.25, 0.3) is 5.56 Å². The molecule has 10 heteroatoms. The van der Waals surface area contributed by atoms with Crippen LogP contribution in [0.15, 0.2) is 94.6 Å². The fourth-order valence-electron chi connectivity index (χ4n) is 7.04. The van der Waals surface area contributed by atoms with E-state index < -0.39 is 5.60 Å². The highest BCUT2D eigenvalue weighted by atomic mass is 16.5. The molecule has 0 radical (unpaired) electrons. The number of likely N-dealkylation sites (tertiary alicyclic amines) is 2. The number of aryl methyl sites for hydroxylation is 1. The van der Waals surface area contributed by atoms with Crippen molar-refractivity contribution >= 4 is 16.9 Å². The molecule has 0 saturated carbocycles. The van der Waals surface area contributed by atoms with Gasteiger partial charge in [-0.3, -0.25) is 19.1 Å². The summed E-state index contributed by atoms with van der Waals surface area (Å²) in [5, 5.41) is 16.2. The van der Waals surface area contributed by atoms with Crippen LogP contribution in [-0.4, -0.2) is 71.9 Å². The van der Waals surface area contributed by atoms with Crippen LogP contribution < -0.4 is 5.56 Å². The third-order valence-electron chi connectivity index (χ3n) is 9.48. The Kier molecular flexibility index (Phi) is 7.85. The van der Waals surface area contributed by atoms with Crippen molar-refractivity contribution in [2.24, 2.45) is 5.92 Å². The second kappa shape index (κ2) is 12.1. The van der Waals surface area contributed by atoms with E-state index in [0.29, 0.717) is 43.5 Å². The van der Waals surface area contributed by atoms with E-state index in [4.69, 9.17) is 4.52 Å². The van der Waals surface area contributed by atoms with Gasteiger partial charge in [-0.15, -0.1) is 0 Å². The van der Waals surface area contributed by atoms with Crippen LogP contribution in [0.1, 0.15) is 42.2 Å². The topological polar surface area (TPSA) is 110 Å². The van der Waals surface area contributed by atoms with Gasteiger partial charge in [0.1, 0.15) is 12.1 Å². The quantitative estimate of drug-likeness (QED) is 0.297. The molecule has 3 aromatic heterocycles. The highest BCUT2D eigenvalue weighted by molar-refractivity contribution is 5.80. The van der Waals surface area contributed by atoms with Crippen LogP contribution in [0.2, 0.25) is 0 Å². The first kappa shape index (κ1) is 29.2. The molecule has 0 spiro atoms. The van der Waals surface area contributed by atoms with Crippen LogP contribution in [0.4, 0.5) is 0 Å². The van der Waals surface area contributed by atoms with E-state index in [1.807, 2.05) is 77.2 Å². The maximum atomic E-state index is 14.0. The Labute approximate surface area is 261 Å². The molecule has 5 heterocycles. The molecule has 0 unspecified atom stereocenters. The standard InChI is InChI=1S/C35H38N6O4/c1-25-20-27(37-45-25)21-38-16-12-29(31(22-38)26-8-4-2-5-9-26)33(42)39-18-14-35(44,15-19-39)23-40-24-36-32-30(34(40)43)13-17-41(32)28-10-6-3-7-11-28/h2-11,13,17,20,24,29,31,44H,12,14-16,18-19,21-23H2,1H3/t29-,31+/m1/s1. The van der Waals surface area contributed by atoms with Crippen molar-refractivity contribution in [3.8, 4) is 5.69 Å². The van der Waals surface area contributed by atoms with Crippen molar-refractivity contribution in [2.45, 2.75) is 50.8 Å². The molecule has 0 aliphatic carbocycles. The number of nitrogens with zero attached hydrogens (tertiary/aromatic N) is 6. The van der Waals surface area contributed by atoms with Gasteiger partial charge >= 0.3 is 0 Å². The van der Waals surface area contributed by atoms with Crippen LogP contribution in [0.25, 0.3) is 16.7 Å². The maximum absolute atomic E-state index is 14.0. The van der Waals surface area contributed by atoms with Crippen molar-refractivity contribution in [3.63, 3.8) is 0 Å². The summed E-state index contributed by atoms with van der Waals surface area (Å²) >= 11 is 0. The van der Waals surface area contributed by atoms with Crippen LogP contribution in [0.5, 0.6) is 0 Å². The fourth-order valence-corrected chi connectivity index (χ4v) is 7.04. The number of para-hydroxylation sites is 1. The molecule has 2 fully saturated rings. The number of carbonyl (C=O) groups is 1. The summed E-state index contributed by atoms with van der Waals surface area (Å²) in [6.07, 6.45) is 4.92. The van der Waals surface area contributed by atoms with E-state index in [1.54, 1.807) is 6.07 Å². The van der Waals surface area contributed by atoms with E-state index in [0.717, 1.165) is 42.2 Å². The molecular weight excluding hydrogens is 568 g/mol. The summed E-state index contributed by atoms with van der Waals surface area (Å²) in [7, 11) is 0. The Morgan fingerprint density at radius 3 is 2.47 bits per heavy atom. The lowest BCUT2D eigenvalue weighted by Crippen LogP contribution is -2.53. The molecule has 232 valence electrons. The molecule has 1 amide bonds. The highest BCUT2D eigenvalue weighted by Gasteiger charge is 2.41. The molecule has 45 heavy (non-hydrogen) atoms. The van der Waals surface area contributed by atoms with Crippen LogP contribution in [0, 0.1) is 12.8 Å². The molecule has 7 rings (SSSR count). The van der Waals surface area contributed by atoms with Gasteiger partial charge in [-0.05, 0) is 56.5 Å². The average Bonchev–Trinajstić information content (AvgIpc) is 3.69. The van der Waals surface area contributed by atoms with Crippen molar-refractivity contribution in [3.05, 3.63) is 113 Å². The van der Waals surface area contributed by atoms with Crippen molar-refractivity contribution in [1.29, 1.82) is 0 Å². The molecule has 1 N–H and O–H groups in total. The molecule has 2 saturated heterocycles. The molecule has 2 aliphatic rings. The molecular formula is C35H38N6O4. The number of aliphatic hydroxyl groups is 1. The highest BCUT2D eigenvalue weighted by Crippen LogP contribution is 2.36. The van der Waals surface area contributed by atoms with E-state index in [9.17, 15) is 14.7 Å². The molecule has 0 bridgehead atoms. The number of amides is 1. The number of hydrogen-bond acceptors (Lipinski definition) is 7. The molecule has 2 aromatic carbocycles. The summed E-state index contributed by atoms with van der Waals surface area (Å²) in [4.78, 5) is 36.3. The van der Waals surface area contributed by atoms with Crippen LogP contribution in [0.3, 0.4) is 0 Å². The third-order valence-corrected chi connectivity index (χ3v) is 9.48. The van der Waals surface area contributed by atoms with Crippen molar-refractivity contribution in [1.82, 2.24) is 29.1 Å². The number of aromatic nitrogens is 4. The Morgan fingerprint density at radius 1 is 1.02 bits per heavy atom. The van der Waals surface area contributed by atoms with E-state index in [2.05, 4.69) is 27.2 Å². The zero-order valence-corrected chi connectivity index (χ0v) is 25.5. The summed E-state index contributed by atoms with van der Waals surface area (Å²) in [6.45, 7) is 5.18. The maximum Gasteiger partial charge on any atom is 0.262 e. The Hall–Kier alpha value is -4.54. The lowest BCUT2D eigenvalue weighted by molar-refractivity contribution is -0.142. The minimum atomic E-state index is -1.10. The average molecular weight is 607 g/mol. The Balaban J connectivity index is 1.03. The van der Waals surface area contributed by atoms with Gasteiger partial charge in [0, 0.05) is 56.0 Å². The first-order valence-electron chi connectivity index (χ1n) is 15.7. The number of carbonyl (C=O) groups excluding carboxylic acids is 1. The van der Waals surface area contributed by atoms with Crippen molar-refractivity contribution < 1.29 is 14.4 Å². The van der Waals surface area contributed by atoms with Gasteiger partial charge in [-0.25, -0.2) is 4.98 Å². The lowest BCUT2D eigenvalue weighted by atomic mass is 9.79. The zero-order valence-electron chi connectivity index (χ0n) is 25.5. The van der Waals surface area contributed by atoms with Gasteiger partial charge in [-0.2, -0.15) is 0 Å². The minimum Gasteiger partial charge on any atom is -0.388 e. The summed E-state index contributed by atoms with van der Waals surface area (Å²) in [5.74, 6) is 0.853. The summed E-state index contributed by atoms with van der Waals surface area (Å²) in [6, 6.07) is 23.8. The smallest absolute Gasteiger partial charge is 0.262 e. The second-order valence-electron chi connectivity index (χ2n) is 12.6. The number of piperidine rings is 2. The normalized spacial score (nSPS) is 20.4. The zero-order chi connectivity index (χ0) is 31.0. The van der Waals surface area contributed by atoms with Gasteiger partial charge < -0.3 is 19.1 Å². The van der Waals surface area contributed by atoms with Crippen molar-refractivity contribution in [2.75, 3.05) is 26.2 Å². The molecule has 2 atom stereocenters. The number of fused-ring (bicyclic) bond motifs is 1. The van der Waals surface area contributed by atoms with Gasteiger partial charge in [0.2, 0.25) is 5.91 Å². The summed E-state index contributed by atoms with van der Waals surface area (Å²) < 4.78 is 8.67. The first-order valence-corrected chi connectivity index (χ1v) is 15.7. The van der Waals surface area contributed by atoms with Crippen LogP contribution in [-0.2, 0) is 17.9 Å². The van der Waals surface area contributed by atoms with E-state index in [-0.39, 0.29) is 29.8 Å². The largest absolute Gasteiger partial charge is 0.388 e. The summed E-state index contributed by atoms with van der Waals surface area (Å²) in [5.41, 5.74) is 2.30. The SMILES string of the molecule is Cc1cc(CN2CC[C@@H](C(=O)N3CCC(O)(Cn4cnc5c(ccn5-c5ccccc5)c4=O)CC3)[C@H](c3ccccc3)C2)no1. The predicted octanol–water partition coefficient (Wildman–Crippen LogP) is 4.14. The second-order valence-corrected chi connectivity index (χ2v) is 12.6.